The van der Waals surface area contributed by atoms with E-state index < -0.39 is 10.8 Å². The second-order valence-corrected chi connectivity index (χ2v) is 17.6. The predicted molar refractivity (Wildman–Crippen MR) is 271 cm³/mol. The van der Waals surface area contributed by atoms with Crippen LogP contribution < -0.4 is 4.90 Å². The molecular weight excluding hydrogens is 783 g/mol. The first-order valence-corrected chi connectivity index (χ1v) is 22.7. The van der Waals surface area contributed by atoms with Gasteiger partial charge in [-0.2, -0.15) is 0 Å². The third-order valence-electron chi connectivity index (χ3n) is 14.4. The topological polar surface area (TPSA) is 3.24 Å². The molecule has 11 aromatic carbocycles. The molecule has 0 heterocycles. The van der Waals surface area contributed by atoms with Gasteiger partial charge in [-0.3, -0.25) is 0 Å². The summed E-state index contributed by atoms with van der Waals surface area (Å²) in [5.74, 6) is 0. The van der Waals surface area contributed by atoms with E-state index in [-0.39, 0.29) is 0 Å². The largest absolute Gasteiger partial charge is 0.310 e. The molecule has 0 bridgehead atoms. The molecule has 2 aliphatic carbocycles. The minimum Gasteiger partial charge on any atom is -0.310 e. The molecule has 0 saturated carbocycles. The summed E-state index contributed by atoms with van der Waals surface area (Å²) in [6.45, 7) is 0. The van der Waals surface area contributed by atoms with E-state index in [4.69, 9.17) is 0 Å². The van der Waals surface area contributed by atoms with Crippen molar-refractivity contribution in [2.75, 3.05) is 4.90 Å². The van der Waals surface area contributed by atoms with Crippen LogP contribution in [-0.2, 0) is 10.8 Å². The van der Waals surface area contributed by atoms with Gasteiger partial charge in [-0.05, 0) is 131 Å². The van der Waals surface area contributed by atoms with Crippen LogP contribution in [0.1, 0.15) is 44.5 Å². The third-order valence-corrected chi connectivity index (χ3v) is 14.4. The van der Waals surface area contributed by atoms with Crippen molar-refractivity contribution in [1.82, 2.24) is 0 Å². The van der Waals surface area contributed by atoms with Crippen LogP contribution in [-0.4, -0.2) is 0 Å². The zero-order valence-electron chi connectivity index (χ0n) is 35.8. The molecule has 11 aromatic rings. The van der Waals surface area contributed by atoms with Crippen LogP contribution in [0.5, 0.6) is 0 Å². The number of hydrogen-bond acceptors (Lipinski definition) is 1. The maximum absolute atomic E-state index is 2.50. The van der Waals surface area contributed by atoms with E-state index >= 15 is 0 Å². The molecular formula is C64H43N. The van der Waals surface area contributed by atoms with Crippen molar-refractivity contribution in [2.45, 2.75) is 10.8 Å². The highest BCUT2D eigenvalue weighted by atomic mass is 15.1. The Morgan fingerprint density at radius 3 is 1.17 bits per heavy atom. The smallest absolute Gasteiger partial charge is 0.0720 e. The van der Waals surface area contributed by atoms with E-state index in [9.17, 15) is 0 Å². The summed E-state index contributed by atoms with van der Waals surface area (Å²) in [6.07, 6.45) is 0. The lowest BCUT2D eigenvalue weighted by molar-refractivity contribution is 0.624. The number of benzene rings is 11. The van der Waals surface area contributed by atoms with E-state index in [0.717, 1.165) is 17.1 Å². The fourth-order valence-corrected chi connectivity index (χ4v) is 11.7. The van der Waals surface area contributed by atoms with Crippen molar-refractivity contribution in [3.8, 4) is 22.3 Å². The lowest BCUT2D eigenvalue weighted by Gasteiger charge is -2.50. The standard InChI is InChI=1S/C64H43N/c1-3-21-50(22-4-1)63(51-23-5-2-6-24-51)58-27-13-15-29-60(58)64(61-30-16-14-28-59(61)63)57-26-12-11-25-55(57)56-40-35-49(43-62(56)64)46-31-36-52(37-32-46)65(53-38-33-44-17-7-9-19-47(44)41-53)54-39-34-45-18-8-10-20-48(45)42-54/h1-43H. The summed E-state index contributed by atoms with van der Waals surface area (Å²) < 4.78 is 0. The molecule has 1 spiro atoms. The van der Waals surface area contributed by atoms with Crippen LogP contribution in [0.3, 0.4) is 0 Å². The zero-order valence-corrected chi connectivity index (χ0v) is 35.8. The summed E-state index contributed by atoms with van der Waals surface area (Å²) in [6, 6.07) is 97.2. The number of anilines is 3. The highest BCUT2D eigenvalue weighted by molar-refractivity contribution is 5.94. The lowest BCUT2D eigenvalue weighted by atomic mass is 9.51. The van der Waals surface area contributed by atoms with Crippen molar-refractivity contribution in [2.24, 2.45) is 0 Å². The normalized spacial score (nSPS) is 13.8. The first kappa shape index (κ1) is 37.3. The molecule has 0 aromatic heterocycles. The molecule has 2 aliphatic rings. The van der Waals surface area contributed by atoms with Crippen LogP contribution in [0.2, 0.25) is 0 Å². The van der Waals surface area contributed by atoms with Gasteiger partial charge in [-0.1, -0.05) is 218 Å². The van der Waals surface area contributed by atoms with Crippen molar-refractivity contribution in [1.29, 1.82) is 0 Å². The zero-order chi connectivity index (χ0) is 43.0. The van der Waals surface area contributed by atoms with Gasteiger partial charge in [0.1, 0.15) is 0 Å². The Balaban J connectivity index is 1.00. The molecule has 304 valence electrons. The summed E-state index contributed by atoms with van der Waals surface area (Å²) in [7, 11) is 0. The average molecular weight is 826 g/mol. The van der Waals surface area contributed by atoms with Crippen molar-refractivity contribution in [3.05, 3.63) is 305 Å². The van der Waals surface area contributed by atoms with Crippen LogP contribution in [0.25, 0.3) is 43.8 Å². The van der Waals surface area contributed by atoms with Crippen molar-refractivity contribution < 1.29 is 0 Å². The molecule has 65 heavy (non-hydrogen) atoms. The Bertz CT molecular complexity index is 3440. The van der Waals surface area contributed by atoms with Gasteiger partial charge in [0.25, 0.3) is 0 Å². The van der Waals surface area contributed by atoms with Gasteiger partial charge >= 0.3 is 0 Å². The molecule has 13 rings (SSSR count). The quantitative estimate of drug-likeness (QED) is 0.161. The molecule has 0 N–H and O–H groups in total. The molecule has 0 radical (unpaired) electrons. The Hall–Kier alpha value is -8.26. The number of rotatable bonds is 6. The number of hydrogen-bond donors (Lipinski definition) is 0. The Kier molecular flexibility index (Phi) is 8.41. The fourth-order valence-electron chi connectivity index (χ4n) is 11.7. The van der Waals surface area contributed by atoms with Crippen LogP contribution in [0.4, 0.5) is 17.1 Å². The van der Waals surface area contributed by atoms with E-state index in [1.54, 1.807) is 0 Å². The molecule has 1 heteroatoms. The van der Waals surface area contributed by atoms with Gasteiger partial charge < -0.3 is 4.90 Å². The average Bonchev–Trinajstić information content (AvgIpc) is 3.67. The molecule has 0 fully saturated rings. The summed E-state index contributed by atoms with van der Waals surface area (Å²) in [4.78, 5) is 2.39. The Morgan fingerprint density at radius 2 is 0.631 bits per heavy atom. The summed E-state index contributed by atoms with van der Waals surface area (Å²) >= 11 is 0. The Labute approximate surface area is 380 Å². The highest BCUT2D eigenvalue weighted by Gasteiger charge is 2.56. The molecule has 1 nitrogen and oxygen atoms in total. The van der Waals surface area contributed by atoms with Gasteiger partial charge in [-0.15, -0.1) is 0 Å². The number of fused-ring (bicyclic) bond motifs is 11. The van der Waals surface area contributed by atoms with Gasteiger partial charge in [0.2, 0.25) is 0 Å². The van der Waals surface area contributed by atoms with Crippen molar-refractivity contribution in [3.63, 3.8) is 0 Å². The molecule has 0 amide bonds. The third kappa shape index (κ3) is 5.46. The van der Waals surface area contributed by atoms with Crippen LogP contribution >= 0.6 is 0 Å². The summed E-state index contributed by atoms with van der Waals surface area (Å²) in [5.41, 5.74) is 17.7. The van der Waals surface area contributed by atoms with Gasteiger partial charge in [0, 0.05) is 17.1 Å². The maximum atomic E-state index is 2.50. The predicted octanol–water partition coefficient (Wildman–Crippen LogP) is 16.2. The van der Waals surface area contributed by atoms with E-state index in [1.165, 1.54) is 88.3 Å². The SMILES string of the molecule is c1ccc(C2(c3ccccc3)c3ccccc3C3(c4ccccc4-c4ccc(-c5ccc(N(c6ccc7ccccc7c6)c6ccc7ccccc7c6)cc5)cc43)c3ccccc32)cc1. The van der Waals surface area contributed by atoms with Crippen molar-refractivity contribution >= 4 is 38.6 Å². The van der Waals surface area contributed by atoms with E-state index in [2.05, 4.69) is 266 Å². The Morgan fingerprint density at radius 1 is 0.231 bits per heavy atom. The molecule has 0 aliphatic heterocycles. The highest BCUT2D eigenvalue weighted by Crippen LogP contribution is 2.64. The van der Waals surface area contributed by atoms with E-state index in [0.29, 0.717) is 0 Å². The molecule has 0 atom stereocenters. The van der Waals surface area contributed by atoms with E-state index in [1.807, 2.05) is 0 Å². The van der Waals surface area contributed by atoms with Gasteiger partial charge in [0.05, 0.1) is 10.8 Å². The van der Waals surface area contributed by atoms with Crippen LogP contribution in [0.15, 0.2) is 261 Å². The second-order valence-electron chi connectivity index (χ2n) is 17.6. The molecule has 0 saturated heterocycles. The maximum Gasteiger partial charge on any atom is 0.0720 e. The minimum atomic E-state index is -0.551. The lowest BCUT2D eigenvalue weighted by Crippen LogP contribution is -2.44. The minimum absolute atomic E-state index is 0.534. The molecule has 0 unspecified atom stereocenters. The number of nitrogens with zero attached hydrogens (tertiary/aromatic N) is 1. The van der Waals surface area contributed by atoms with Crippen LogP contribution in [0, 0.1) is 0 Å². The van der Waals surface area contributed by atoms with Gasteiger partial charge in [-0.25, -0.2) is 0 Å². The first-order valence-electron chi connectivity index (χ1n) is 22.7. The second kappa shape index (κ2) is 14.7. The van der Waals surface area contributed by atoms with Gasteiger partial charge in [0.15, 0.2) is 0 Å². The fraction of sp³-hybridized carbons (Fsp3) is 0.0312. The summed E-state index contributed by atoms with van der Waals surface area (Å²) in [5, 5.41) is 4.90. The monoisotopic (exact) mass is 825 g/mol. The first-order chi connectivity index (χ1) is 32.2.